The highest BCUT2D eigenvalue weighted by Gasteiger charge is 2.19. The molecule has 0 atom stereocenters. The van der Waals surface area contributed by atoms with Crippen molar-refractivity contribution in [2.45, 2.75) is 12.8 Å². The number of aromatic nitrogens is 2. The molecule has 0 aliphatic carbocycles. The maximum Gasteiger partial charge on any atom is 0.227 e. The predicted octanol–water partition coefficient (Wildman–Crippen LogP) is 2.19. The number of methoxy groups -OCH3 is 2. The number of piperazine rings is 1. The maximum absolute atomic E-state index is 12.2. The molecule has 3 rings (SSSR count). The molecule has 1 aliphatic rings. The molecule has 0 bridgehead atoms. The van der Waals surface area contributed by atoms with E-state index in [1.165, 1.54) is 14.2 Å². The second-order valence-electron chi connectivity index (χ2n) is 5.84. The standard InChI is InChI=1S/C17H21ClN4O4.ClH/c1-24-13-10-11(9-12(18)16(13)25-2)17-20-14(26-21-17)3-4-15(23)22-7-5-19-6-8-22;/h9-10,19H,3-8H2,1-2H3;1H. The Labute approximate surface area is 168 Å². The molecule has 1 saturated heterocycles. The van der Waals surface area contributed by atoms with Crippen molar-refractivity contribution in [1.29, 1.82) is 0 Å². The van der Waals surface area contributed by atoms with Gasteiger partial charge in [0, 0.05) is 44.6 Å². The molecule has 148 valence electrons. The normalized spacial score (nSPS) is 13.8. The third kappa shape index (κ3) is 5.03. The average molecular weight is 417 g/mol. The quantitative estimate of drug-likeness (QED) is 0.771. The summed E-state index contributed by atoms with van der Waals surface area (Å²) in [6.07, 6.45) is 0.741. The van der Waals surface area contributed by atoms with Crippen LogP contribution in [0.25, 0.3) is 11.4 Å². The summed E-state index contributed by atoms with van der Waals surface area (Å²) in [7, 11) is 3.05. The smallest absolute Gasteiger partial charge is 0.227 e. The first-order valence-electron chi connectivity index (χ1n) is 8.35. The van der Waals surface area contributed by atoms with Gasteiger partial charge in [-0.2, -0.15) is 4.98 Å². The number of ether oxygens (including phenoxy) is 2. The van der Waals surface area contributed by atoms with Crippen molar-refractivity contribution in [3.05, 3.63) is 23.0 Å². The van der Waals surface area contributed by atoms with E-state index in [1.807, 2.05) is 4.90 Å². The Bertz CT molecular complexity index is 778. The molecule has 0 saturated carbocycles. The predicted molar refractivity (Wildman–Crippen MR) is 103 cm³/mol. The van der Waals surface area contributed by atoms with Gasteiger partial charge in [0.2, 0.25) is 17.6 Å². The highest BCUT2D eigenvalue weighted by Crippen LogP contribution is 2.38. The first-order chi connectivity index (χ1) is 12.6. The molecule has 27 heavy (non-hydrogen) atoms. The summed E-state index contributed by atoms with van der Waals surface area (Å²) >= 11 is 6.21. The van der Waals surface area contributed by atoms with Crippen LogP contribution in [0.2, 0.25) is 5.02 Å². The van der Waals surface area contributed by atoms with E-state index in [4.69, 9.17) is 25.6 Å². The molecule has 1 aliphatic heterocycles. The van der Waals surface area contributed by atoms with Crippen LogP contribution in [0, 0.1) is 0 Å². The van der Waals surface area contributed by atoms with Gasteiger partial charge in [-0.1, -0.05) is 16.8 Å². The Morgan fingerprint density at radius 1 is 1.30 bits per heavy atom. The molecule has 2 heterocycles. The summed E-state index contributed by atoms with van der Waals surface area (Å²) in [6, 6.07) is 3.41. The number of nitrogens with zero attached hydrogens (tertiary/aromatic N) is 3. The van der Waals surface area contributed by atoms with Gasteiger partial charge in [0.1, 0.15) is 0 Å². The highest BCUT2D eigenvalue weighted by molar-refractivity contribution is 6.32. The minimum absolute atomic E-state index is 0. The molecule has 1 aromatic heterocycles. The third-order valence-corrected chi connectivity index (χ3v) is 4.46. The molecule has 0 unspecified atom stereocenters. The molecule has 1 amide bonds. The number of carbonyl (C=O) groups excluding carboxylic acids is 1. The van der Waals surface area contributed by atoms with E-state index >= 15 is 0 Å². The lowest BCUT2D eigenvalue weighted by Gasteiger charge is -2.27. The molecule has 8 nitrogen and oxygen atoms in total. The van der Waals surface area contributed by atoms with Crippen LogP contribution in [0.15, 0.2) is 16.7 Å². The van der Waals surface area contributed by atoms with E-state index in [0.717, 1.165) is 26.2 Å². The summed E-state index contributed by atoms with van der Waals surface area (Å²) < 4.78 is 15.8. The summed E-state index contributed by atoms with van der Waals surface area (Å²) in [5, 5.41) is 7.59. The van der Waals surface area contributed by atoms with Gasteiger partial charge in [0.15, 0.2) is 11.5 Å². The Kier molecular flexibility index (Phi) is 7.70. The fraction of sp³-hybridized carbons (Fsp3) is 0.471. The number of amides is 1. The van der Waals surface area contributed by atoms with E-state index in [9.17, 15) is 4.79 Å². The summed E-state index contributed by atoms with van der Waals surface area (Å²) in [6.45, 7) is 3.13. The van der Waals surface area contributed by atoms with Crippen LogP contribution in [0.3, 0.4) is 0 Å². The van der Waals surface area contributed by atoms with Gasteiger partial charge in [0.05, 0.1) is 19.2 Å². The van der Waals surface area contributed by atoms with Crippen molar-refractivity contribution < 1.29 is 18.8 Å². The van der Waals surface area contributed by atoms with E-state index < -0.39 is 0 Å². The summed E-state index contributed by atoms with van der Waals surface area (Å²) in [4.78, 5) is 18.4. The monoisotopic (exact) mass is 416 g/mol. The topological polar surface area (TPSA) is 89.7 Å². The Morgan fingerprint density at radius 3 is 2.70 bits per heavy atom. The van der Waals surface area contributed by atoms with Crippen molar-refractivity contribution in [3.8, 4) is 22.9 Å². The van der Waals surface area contributed by atoms with E-state index in [2.05, 4.69) is 15.5 Å². The van der Waals surface area contributed by atoms with E-state index in [0.29, 0.717) is 46.6 Å². The molecule has 0 radical (unpaired) electrons. The first kappa shape index (κ1) is 21.3. The zero-order valence-electron chi connectivity index (χ0n) is 15.2. The van der Waals surface area contributed by atoms with Crippen molar-refractivity contribution in [1.82, 2.24) is 20.4 Å². The molecule has 10 heteroatoms. The highest BCUT2D eigenvalue weighted by atomic mass is 35.5. The lowest BCUT2D eigenvalue weighted by atomic mass is 10.2. The number of hydrogen-bond acceptors (Lipinski definition) is 7. The Balaban J connectivity index is 0.00000261. The lowest BCUT2D eigenvalue weighted by Crippen LogP contribution is -2.46. The third-order valence-electron chi connectivity index (χ3n) is 4.18. The van der Waals surface area contributed by atoms with Gasteiger partial charge >= 0.3 is 0 Å². The van der Waals surface area contributed by atoms with E-state index in [-0.39, 0.29) is 18.3 Å². The second kappa shape index (κ2) is 9.77. The fourth-order valence-corrected chi connectivity index (χ4v) is 3.09. The minimum Gasteiger partial charge on any atom is -0.493 e. The summed E-state index contributed by atoms with van der Waals surface area (Å²) in [5.74, 6) is 1.82. The van der Waals surface area contributed by atoms with Gasteiger partial charge < -0.3 is 24.2 Å². The molecule has 0 spiro atoms. The van der Waals surface area contributed by atoms with Crippen LogP contribution in [0.1, 0.15) is 12.3 Å². The number of rotatable bonds is 6. The van der Waals surface area contributed by atoms with Crippen LogP contribution in [-0.2, 0) is 11.2 Å². The minimum atomic E-state index is 0. The maximum atomic E-state index is 12.2. The number of nitrogens with one attached hydrogen (secondary N) is 1. The van der Waals surface area contributed by atoms with Gasteiger partial charge in [0.25, 0.3) is 0 Å². The molecular weight excluding hydrogens is 395 g/mol. The van der Waals surface area contributed by atoms with Gasteiger partial charge in [-0.05, 0) is 12.1 Å². The average Bonchev–Trinajstić information content (AvgIpc) is 3.15. The SMILES string of the molecule is COc1cc(-c2noc(CCC(=O)N3CCNCC3)n2)cc(Cl)c1OC.Cl. The molecular formula is C17H22Cl2N4O4. The first-order valence-corrected chi connectivity index (χ1v) is 8.73. The second-order valence-corrected chi connectivity index (χ2v) is 6.24. The van der Waals surface area contributed by atoms with Crippen LogP contribution in [0.5, 0.6) is 11.5 Å². The van der Waals surface area contributed by atoms with Crippen LogP contribution < -0.4 is 14.8 Å². The number of halogens is 2. The molecule has 1 fully saturated rings. The molecule has 1 N–H and O–H groups in total. The largest absolute Gasteiger partial charge is 0.493 e. The molecule has 2 aromatic rings. The van der Waals surface area contributed by atoms with Crippen molar-refractivity contribution >= 4 is 29.9 Å². The van der Waals surface area contributed by atoms with Crippen molar-refractivity contribution in [2.75, 3.05) is 40.4 Å². The Morgan fingerprint density at radius 2 is 2.04 bits per heavy atom. The van der Waals surface area contributed by atoms with Crippen molar-refractivity contribution in [3.63, 3.8) is 0 Å². The van der Waals surface area contributed by atoms with Crippen LogP contribution in [0.4, 0.5) is 0 Å². The van der Waals surface area contributed by atoms with Gasteiger partial charge in [-0.25, -0.2) is 0 Å². The lowest BCUT2D eigenvalue weighted by molar-refractivity contribution is -0.131. The van der Waals surface area contributed by atoms with Gasteiger partial charge in [-0.15, -0.1) is 12.4 Å². The van der Waals surface area contributed by atoms with Crippen molar-refractivity contribution in [2.24, 2.45) is 0 Å². The van der Waals surface area contributed by atoms with Crippen LogP contribution in [-0.4, -0.2) is 61.3 Å². The number of carbonyl (C=O) groups is 1. The summed E-state index contributed by atoms with van der Waals surface area (Å²) in [5.41, 5.74) is 0.649. The van der Waals surface area contributed by atoms with Crippen LogP contribution >= 0.6 is 24.0 Å². The number of benzene rings is 1. The zero-order valence-corrected chi connectivity index (χ0v) is 16.7. The zero-order chi connectivity index (χ0) is 18.5. The molecule has 1 aromatic carbocycles. The van der Waals surface area contributed by atoms with Gasteiger partial charge in [-0.3, -0.25) is 4.79 Å². The van der Waals surface area contributed by atoms with E-state index in [1.54, 1.807) is 12.1 Å². The fourth-order valence-electron chi connectivity index (χ4n) is 2.81. The Hall–Kier alpha value is -2.03. The number of aryl methyl sites for hydroxylation is 1. The number of hydrogen-bond donors (Lipinski definition) is 1.